The van der Waals surface area contributed by atoms with Crippen molar-refractivity contribution in [3.63, 3.8) is 0 Å². The van der Waals surface area contributed by atoms with Gasteiger partial charge in [-0.25, -0.2) is 4.39 Å². The molecule has 0 spiro atoms. The topological polar surface area (TPSA) is 32.3 Å². The SMILES string of the molecule is Oc1c([C@@H]2CCCN2)ccc(F)c1F. The summed E-state index contributed by atoms with van der Waals surface area (Å²) >= 11 is 0. The van der Waals surface area contributed by atoms with Crippen LogP contribution in [-0.4, -0.2) is 11.7 Å². The molecule has 1 fully saturated rings. The van der Waals surface area contributed by atoms with Gasteiger partial charge < -0.3 is 10.4 Å². The largest absolute Gasteiger partial charge is 0.505 e. The van der Waals surface area contributed by atoms with E-state index in [1.54, 1.807) is 0 Å². The van der Waals surface area contributed by atoms with Crippen LogP contribution >= 0.6 is 0 Å². The van der Waals surface area contributed by atoms with Crippen LogP contribution in [0.25, 0.3) is 0 Å². The van der Waals surface area contributed by atoms with E-state index in [-0.39, 0.29) is 6.04 Å². The molecular formula is C10H11F2NO. The van der Waals surface area contributed by atoms with Gasteiger partial charge in [-0.05, 0) is 25.5 Å². The lowest BCUT2D eigenvalue weighted by atomic mass is 10.0. The molecule has 14 heavy (non-hydrogen) atoms. The minimum absolute atomic E-state index is 0.0508. The van der Waals surface area contributed by atoms with Gasteiger partial charge in [0.2, 0.25) is 5.82 Å². The van der Waals surface area contributed by atoms with Crippen molar-refractivity contribution < 1.29 is 13.9 Å². The van der Waals surface area contributed by atoms with Crippen molar-refractivity contribution in [2.45, 2.75) is 18.9 Å². The van der Waals surface area contributed by atoms with Gasteiger partial charge in [0.25, 0.3) is 0 Å². The van der Waals surface area contributed by atoms with Crippen molar-refractivity contribution >= 4 is 0 Å². The quantitative estimate of drug-likeness (QED) is 0.725. The second-order valence-corrected chi connectivity index (χ2v) is 3.45. The molecule has 0 unspecified atom stereocenters. The number of nitrogens with one attached hydrogen (secondary N) is 1. The Morgan fingerprint density at radius 1 is 1.36 bits per heavy atom. The maximum Gasteiger partial charge on any atom is 0.200 e. The van der Waals surface area contributed by atoms with Crippen molar-refractivity contribution in [3.05, 3.63) is 29.3 Å². The Morgan fingerprint density at radius 2 is 2.14 bits per heavy atom. The van der Waals surface area contributed by atoms with Crippen LogP contribution in [0.3, 0.4) is 0 Å². The highest BCUT2D eigenvalue weighted by Crippen LogP contribution is 2.32. The summed E-state index contributed by atoms with van der Waals surface area (Å²) in [5.41, 5.74) is 0.446. The minimum Gasteiger partial charge on any atom is -0.505 e. The Morgan fingerprint density at radius 3 is 2.79 bits per heavy atom. The first-order chi connectivity index (χ1) is 6.70. The van der Waals surface area contributed by atoms with E-state index < -0.39 is 17.4 Å². The van der Waals surface area contributed by atoms with Crippen LogP contribution in [0, 0.1) is 11.6 Å². The predicted molar refractivity (Wildman–Crippen MR) is 48.0 cm³/mol. The van der Waals surface area contributed by atoms with Crippen molar-refractivity contribution in [1.29, 1.82) is 0 Å². The Hall–Kier alpha value is -1.16. The van der Waals surface area contributed by atoms with Crippen molar-refractivity contribution in [3.8, 4) is 5.75 Å². The van der Waals surface area contributed by atoms with Crippen LogP contribution < -0.4 is 5.32 Å². The molecule has 1 aromatic rings. The highest BCUT2D eigenvalue weighted by Gasteiger charge is 2.22. The monoisotopic (exact) mass is 199 g/mol. The average Bonchev–Trinajstić information content (AvgIpc) is 2.67. The van der Waals surface area contributed by atoms with Crippen LogP contribution in [0.1, 0.15) is 24.4 Å². The molecule has 2 N–H and O–H groups in total. The molecular weight excluding hydrogens is 188 g/mol. The fourth-order valence-corrected chi connectivity index (χ4v) is 1.79. The third-order valence-electron chi connectivity index (χ3n) is 2.54. The third-order valence-corrected chi connectivity index (χ3v) is 2.54. The Bertz CT molecular complexity index is 348. The maximum absolute atomic E-state index is 13.0. The van der Waals surface area contributed by atoms with E-state index in [0.29, 0.717) is 5.56 Å². The molecule has 0 bridgehead atoms. The summed E-state index contributed by atoms with van der Waals surface area (Å²) in [6.45, 7) is 0.850. The molecule has 1 aliphatic heterocycles. The fourth-order valence-electron chi connectivity index (χ4n) is 1.79. The second kappa shape index (κ2) is 3.53. The van der Waals surface area contributed by atoms with E-state index in [1.165, 1.54) is 6.07 Å². The maximum atomic E-state index is 13.0. The molecule has 1 aromatic carbocycles. The smallest absolute Gasteiger partial charge is 0.200 e. The fraction of sp³-hybridized carbons (Fsp3) is 0.400. The minimum atomic E-state index is -1.16. The van der Waals surface area contributed by atoms with E-state index in [9.17, 15) is 13.9 Å². The Kier molecular flexibility index (Phi) is 2.37. The van der Waals surface area contributed by atoms with E-state index in [2.05, 4.69) is 5.32 Å². The molecule has 0 saturated carbocycles. The molecule has 1 heterocycles. The highest BCUT2D eigenvalue weighted by atomic mass is 19.2. The molecule has 0 aromatic heterocycles. The van der Waals surface area contributed by atoms with Gasteiger partial charge in [-0.15, -0.1) is 0 Å². The lowest BCUT2D eigenvalue weighted by molar-refractivity contribution is 0.394. The number of aromatic hydroxyl groups is 1. The molecule has 1 aliphatic rings. The molecule has 0 radical (unpaired) electrons. The summed E-state index contributed by atoms with van der Waals surface area (Å²) in [5, 5.41) is 12.5. The van der Waals surface area contributed by atoms with Gasteiger partial charge in [-0.3, -0.25) is 0 Å². The van der Waals surface area contributed by atoms with Gasteiger partial charge in [0.1, 0.15) is 0 Å². The second-order valence-electron chi connectivity index (χ2n) is 3.45. The Labute approximate surface area is 80.6 Å². The van der Waals surface area contributed by atoms with Crippen molar-refractivity contribution in [1.82, 2.24) is 5.32 Å². The highest BCUT2D eigenvalue weighted by molar-refractivity contribution is 5.37. The normalized spacial score (nSPS) is 21.4. The average molecular weight is 199 g/mol. The van der Waals surface area contributed by atoms with Crippen LogP contribution in [-0.2, 0) is 0 Å². The number of hydrogen-bond donors (Lipinski definition) is 2. The third kappa shape index (κ3) is 1.46. The summed E-state index contributed by atoms with van der Waals surface area (Å²) < 4.78 is 25.7. The number of phenolic OH excluding ortho intramolecular Hbond substituents is 1. The van der Waals surface area contributed by atoms with E-state index in [0.717, 1.165) is 25.5 Å². The molecule has 4 heteroatoms. The lowest BCUT2D eigenvalue weighted by Gasteiger charge is -2.12. The molecule has 1 saturated heterocycles. The van der Waals surface area contributed by atoms with Crippen molar-refractivity contribution in [2.75, 3.05) is 6.54 Å². The zero-order chi connectivity index (χ0) is 10.1. The van der Waals surface area contributed by atoms with Gasteiger partial charge in [-0.2, -0.15) is 4.39 Å². The summed E-state index contributed by atoms with van der Waals surface area (Å²) in [6.07, 6.45) is 1.84. The first kappa shape index (κ1) is 9.40. The number of hydrogen-bond acceptors (Lipinski definition) is 2. The van der Waals surface area contributed by atoms with Crippen molar-refractivity contribution in [2.24, 2.45) is 0 Å². The molecule has 0 amide bonds. The number of phenols is 1. The van der Waals surface area contributed by atoms with E-state index in [1.807, 2.05) is 0 Å². The van der Waals surface area contributed by atoms with Gasteiger partial charge in [0.15, 0.2) is 11.6 Å². The number of benzene rings is 1. The van der Waals surface area contributed by atoms with Gasteiger partial charge in [-0.1, -0.05) is 6.07 Å². The molecule has 2 nitrogen and oxygen atoms in total. The van der Waals surface area contributed by atoms with Gasteiger partial charge >= 0.3 is 0 Å². The van der Waals surface area contributed by atoms with Gasteiger partial charge in [0, 0.05) is 11.6 Å². The number of halogens is 2. The molecule has 0 aliphatic carbocycles. The van der Waals surface area contributed by atoms with E-state index in [4.69, 9.17) is 0 Å². The van der Waals surface area contributed by atoms with Crippen LogP contribution in [0.5, 0.6) is 5.75 Å². The number of rotatable bonds is 1. The summed E-state index contributed by atoms with van der Waals surface area (Å²) in [6, 6.07) is 2.42. The van der Waals surface area contributed by atoms with Crippen LogP contribution in [0.4, 0.5) is 8.78 Å². The Balaban J connectivity index is 2.38. The summed E-state index contributed by atoms with van der Waals surface area (Å²) in [5.74, 6) is -2.73. The zero-order valence-electron chi connectivity index (χ0n) is 7.56. The molecule has 1 atom stereocenters. The predicted octanol–water partition coefficient (Wildman–Crippen LogP) is 2.09. The van der Waals surface area contributed by atoms with Crippen LogP contribution in [0.2, 0.25) is 0 Å². The van der Waals surface area contributed by atoms with Gasteiger partial charge in [0.05, 0.1) is 0 Å². The molecule has 76 valence electrons. The first-order valence-electron chi connectivity index (χ1n) is 4.60. The lowest BCUT2D eigenvalue weighted by Crippen LogP contribution is -2.13. The summed E-state index contributed by atoms with van der Waals surface area (Å²) in [7, 11) is 0. The first-order valence-corrected chi connectivity index (χ1v) is 4.60. The zero-order valence-corrected chi connectivity index (χ0v) is 7.56. The molecule has 2 rings (SSSR count). The van der Waals surface area contributed by atoms with Crippen LogP contribution in [0.15, 0.2) is 12.1 Å². The van der Waals surface area contributed by atoms with E-state index >= 15 is 0 Å². The summed E-state index contributed by atoms with van der Waals surface area (Å²) in [4.78, 5) is 0. The standard InChI is InChI=1S/C10H11F2NO/c11-7-4-3-6(10(14)9(7)12)8-2-1-5-13-8/h3-4,8,13-14H,1-2,5H2/t8-/m0/s1.